The van der Waals surface area contributed by atoms with Crippen molar-refractivity contribution in [2.45, 2.75) is 6.92 Å². The van der Waals surface area contributed by atoms with E-state index in [4.69, 9.17) is 5.73 Å². The Morgan fingerprint density at radius 1 is 1.40 bits per heavy atom. The van der Waals surface area contributed by atoms with Gasteiger partial charge in [0.2, 0.25) is 5.82 Å². The van der Waals surface area contributed by atoms with Gasteiger partial charge in [0.1, 0.15) is 0 Å². The van der Waals surface area contributed by atoms with Gasteiger partial charge >= 0.3 is 0 Å². The number of imidazole rings is 1. The van der Waals surface area contributed by atoms with E-state index >= 15 is 0 Å². The van der Waals surface area contributed by atoms with Crippen molar-refractivity contribution in [2.24, 2.45) is 17.8 Å². The molecule has 0 bridgehead atoms. The highest BCUT2D eigenvalue weighted by Crippen LogP contribution is 2.23. The third kappa shape index (κ3) is 3.58. The van der Waals surface area contributed by atoms with Gasteiger partial charge in [-0.3, -0.25) is 10.1 Å². The van der Waals surface area contributed by atoms with E-state index in [0.717, 1.165) is 10.0 Å². The first-order valence-electron chi connectivity index (χ1n) is 7.17. The molecule has 0 atom stereocenters. The molecule has 3 rings (SSSR count). The summed E-state index contributed by atoms with van der Waals surface area (Å²) in [4.78, 5) is 20.5. The average Bonchev–Trinajstić information content (AvgIpc) is 3.19. The highest BCUT2D eigenvalue weighted by atomic mass is 79.9. The van der Waals surface area contributed by atoms with Crippen molar-refractivity contribution in [3.63, 3.8) is 0 Å². The first-order chi connectivity index (χ1) is 12.0. The van der Waals surface area contributed by atoms with Crippen LogP contribution in [0.25, 0.3) is 0 Å². The molecule has 0 aliphatic rings. The van der Waals surface area contributed by atoms with E-state index in [9.17, 15) is 4.79 Å². The molecule has 1 amide bonds. The van der Waals surface area contributed by atoms with Gasteiger partial charge in [-0.05, 0) is 34.9 Å². The summed E-state index contributed by atoms with van der Waals surface area (Å²) in [5, 5.41) is 9.94. The van der Waals surface area contributed by atoms with Gasteiger partial charge in [-0.1, -0.05) is 22.0 Å². The number of benzene rings is 1. The Morgan fingerprint density at radius 2 is 2.20 bits per heavy atom. The van der Waals surface area contributed by atoms with E-state index in [-0.39, 0.29) is 23.2 Å². The van der Waals surface area contributed by atoms with Crippen LogP contribution in [0.5, 0.6) is 0 Å². The Hall–Kier alpha value is -3.01. The molecular formula is C15H14BrN7O2. The molecular weight excluding hydrogens is 390 g/mol. The predicted octanol–water partition coefficient (Wildman–Crippen LogP) is 2.16. The van der Waals surface area contributed by atoms with Crippen LogP contribution in [0.2, 0.25) is 0 Å². The maximum absolute atomic E-state index is 12.2. The number of carbonyl (C=O) groups is 1. The average molecular weight is 404 g/mol. The molecule has 0 unspecified atom stereocenters. The second kappa shape index (κ2) is 6.85. The van der Waals surface area contributed by atoms with Gasteiger partial charge in [-0.2, -0.15) is 0 Å². The Labute approximate surface area is 151 Å². The number of aromatic nitrogens is 4. The number of rotatable bonds is 4. The van der Waals surface area contributed by atoms with Crippen LogP contribution >= 0.6 is 15.9 Å². The van der Waals surface area contributed by atoms with E-state index in [1.54, 1.807) is 17.8 Å². The smallest absolute Gasteiger partial charge is 0.292 e. The fourth-order valence-corrected chi connectivity index (χ4v) is 2.40. The quantitative estimate of drug-likeness (QED) is 0.507. The number of carbonyl (C=O) groups excluding carboxylic acids is 1. The molecule has 0 spiro atoms. The van der Waals surface area contributed by atoms with E-state index in [0.29, 0.717) is 5.69 Å². The molecule has 9 nitrogen and oxygen atoms in total. The predicted molar refractivity (Wildman–Crippen MR) is 94.7 cm³/mol. The first-order valence-corrected chi connectivity index (χ1v) is 7.97. The molecule has 25 heavy (non-hydrogen) atoms. The zero-order valence-electron chi connectivity index (χ0n) is 13.4. The number of nitrogens with one attached hydrogen (secondary N) is 1. The minimum Gasteiger partial charge on any atom is -0.382 e. The van der Waals surface area contributed by atoms with Crippen molar-refractivity contribution >= 4 is 39.2 Å². The third-order valence-electron chi connectivity index (χ3n) is 3.39. The molecule has 10 heteroatoms. The standard InChI is InChI=1S/C15H14BrN7O2/c1-8-3-4-9(7-10(8)16)19-12(17)11-13(22-25-21-11)20-15(24)14-18-5-6-23(14)2/h3-7H,1-2H3,(H2,17,19)(H,20,22,24). The molecule has 0 saturated carbocycles. The lowest BCUT2D eigenvalue weighted by Gasteiger charge is -2.04. The third-order valence-corrected chi connectivity index (χ3v) is 4.25. The van der Waals surface area contributed by atoms with Crippen LogP contribution in [0.15, 0.2) is 44.7 Å². The normalized spacial score (nSPS) is 11.6. The number of amides is 1. The second-order valence-electron chi connectivity index (χ2n) is 5.21. The monoisotopic (exact) mass is 403 g/mol. The second-order valence-corrected chi connectivity index (χ2v) is 6.06. The van der Waals surface area contributed by atoms with Crippen LogP contribution in [0.3, 0.4) is 0 Å². The van der Waals surface area contributed by atoms with Crippen molar-refractivity contribution in [3.8, 4) is 0 Å². The summed E-state index contributed by atoms with van der Waals surface area (Å²) >= 11 is 3.44. The summed E-state index contributed by atoms with van der Waals surface area (Å²) in [5.74, 6) is -0.116. The Morgan fingerprint density at radius 3 is 2.88 bits per heavy atom. The fraction of sp³-hybridized carbons (Fsp3) is 0.133. The van der Waals surface area contributed by atoms with Crippen LogP contribution in [0.1, 0.15) is 21.9 Å². The number of hydrogen-bond acceptors (Lipinski definition) is 6. The highest BCUT2D eigenvalue weighted by Gasteiger charge is 2.19. The van der Waals surface area contributed by atoms with Gasteiger partial charge in [-0.15, -0.1) is 0 Å². The van der Waals surface area contributed by atoms with Crippen LogP contribution in [0, 0.1) is 6.92 Å². The van der Waals surface area contributed by atoms with Crippen molar-refractivity contribution in [3.05, 3.63) is 52.1 Å². The largest absolute Gasteiger partial charge is 0.382 e. The number of hydrogen-bond donors (Lipinski definition) is 2. The van der Waals surface area contributed by atoms with Crippen LogP contribution < -0.4 is 11.1 Å². The summed E-state index contributed by atoms with van der Waals surface area (Å²) in [5.41, 5.74) is 7.82. The van der Waals surface area contributed by atoms with Gasteiger partial charge in [-0.25, -0.2) is 14.6 Å². The van der Waals surface area contributed by atoms with E-state index in [1.807, 2.05) is 25.1 Å². The molecule has 2 heterocycles. The van der Waals surface area contributed by atoms with Crippen LogP contribution in [-0.2, 0) is 7.05 Å². The molecule has 128 valence electrons. The topological polar surface area (TPSA) is 124 Å². The molecule has 0 radical (unpaired) electrons. The van der Waals surface area contributed by atoms with Crippen LogP contribution in [0.4, 0.5) is 11.5 Å². The molecule has 3 aromatic rings. The first kappa shape index (κ1) is 16.8. The summed E-state index contributed by atoms with van der Waals surface area (Å²) in [6.45, 7) is 1.97. The van der Waals surface area contributed by atoms with Crippen molar-refractivity contribution in [1.29, 1.82) is 0 Å². The van der Waals surface area contributed by atoms with Crippen LogP contribution in [-0.4, -0.2) is 31.6 Å². The minimum absolute atomic E-state index is 0.0622. The van der Waals surface area contributed by atoms with Gasteiger partial charge in [0, 0.05) is 23.9 Å². The molecule has 0 saturated heterocycles. The summed E-state index contributed by atoms with van der Waals surface area (Å²) in [6, 6.07) is 5.54. The number of halogens is 1. The maximum Gasteiger partial charge on any atom is 0.292 e. The fourth-order valence-electron chi connectivity index (χ4n) is 2.03. The summed E-state index contributed by atoms with van der Waals surface area (Å²) in [7, 11) is 1.70. The summed E-state index contributed by atoms with van der Waals surface area (Å²) in [6.07, 6.45) is 3.17. The van der Waals surface area contributed by atoms with Crippen molar-refractivity contribution < 1.29 is 9.42 Å². The SMILES string of the molecule is Cc1ccc(N=C(N)c2nonc2NC(=O)c2nccn2C)cc1Br. The molecule has 0 aliphatic carbocycles. The molecule has 1 aromatic carbocycles. The van der Waals surface area contributed by atoms with Crippen molar-refractivity contribution in [1.82, 2.24) is 19.9 Å². The zero-order chi connectivity index (χ0) is 18.0. The number of nitrogens with two attached hydrogens (primary N) is 1. The lowest BCUT2D eigenvalue weighted by Crippen LogP contribution is -2.21. The number of anilines is 1. The summed E-state index contributed by atoms with van der Waals surface area (Å²) < 4.78 is 7.16. The lowest BCUT2D eigenvalue weighted by molar-refractivity contribution is 0.101. The van der Waals surface area contributed by atoms with E-state index < -0.39 is 5.91 Å². The Bertz CT molecular complexity index is 960. The number of aliphatic imine (C=N–C) groups is 1. The zero-order valence-corrected chi connectivity index (χ0v) is 15.0. The number of nitrogens with zero attached hydrogens (tertiary/aromatic N) is 5. The molecule has 3 N–H and O–H groups in total. The van der Waals surface area contributed by atoms with Gasteiger partial charge < -0.3 is 10.3 Å². The van der Waals surface area contributed by atoms with E-state index in [2.05, 4.69) is 46.2 Å². The van der Waals surface area contributed by atoms with Gasteiger partial charge in [0.15, 0.2) is 17.4 Å². The van der Waals surface area contributed by atoms with Gasteiger partial charge in [0.05, 0.1) is 5.69 Å². The minimum atomic E-state index is -0.463. The van der Waals surface area contributed by atoms with E-state index in [1.165, 1.54) is 6.20 Å². The maximum atomic E-state index is 12.2. The number of aryl methyl sites for hydroxylation is 2. The Balaban J connectivity index is 1.85. The van der Waals surface area contributed by atoms with Gasteiger partial charge in [0.25, 0.3) is 5.91 Å². The number of amidine groups is 1. The van der Waals surface area contributed by atoms with Crippen molar-refractivity contribution in [2.75, 3.05) is 5.32 Å². The lowest BCUT2D eigenvalue weighted by atomic mass is 10.2. The molecule has 2 aromatic heterocycles. The molecule has 0 fully saturated rings. The molecule has 0 aliphatic heterocycles. The highest BCUT2D eigenvalue weighted by molar-refractivity contribution is 9.10. The Kier molecular flexibility index (Phi) is 4.61.